The molecule has 0 aromatic carbocycles. The summed E-state index contributed by atoms with van der Waals surface area (Å²) in [5.74, 6) is 1.08. The molecule has 3 heteroatoms. The zero-order valence-electron chi connectivity index (χ0n) is 7.13. The van der Waals surface area contributed by atoms with Crippen LogP contribution in [0.2, 0.25) is 0 Å². The monoisotopic (exact) mass is 173 g/mol. The first-order chi connectivity index (χ1) is 6.45. The van der Waals surface area contributed by atoms with Crippen LogP contribution in [0, 0.1) is 6.20 Å². The molecular formula is C10H9N2O. The highest BCUT2D eigenvalue weighted by Gasteiger charge is 2.17. The third-order valence-electron chi connectivity index (χ3n) is 2.41. The van der Waals surface area contributed by atoms with Crippen molar-refractivity contribution in [1.29, 1.82) is 0 Å². The van der Waals surface area contributed by atoms with Gasteiger partial charge in [0.1, 0.15) is 11.3 Å². The number of hydrogen-bond acceptors (Lipinski definition) is 3. The highest BCUT2D eigenvalue weighted by atomic mass is 16.3. The van der Waals surface area contributed by atoms with E-state index in [4.69, 9.17) is 4.42 Å². The van der Waals surface area contributed by atoms with E-state index in [1.807, 2.05) is 6.07 Å². The minimum absolute atomic E-state index is 0.868. The van der Waals surface area contributed by atoms with Gasteiger partial charge in [0.15, 0.2) is 5.58 Å². The Morgan fingerprint density at radius 3 is 3.54 bits per heavy atom. The molecule has 0 fully saturated rings. The van der Waals surface area contributed by atoms with E-state index in [-0.39, 0.29) is 0 Å². The predicted molar refractivity (Wildman–Crippen MR) is 48.3 cm³/mol. The molecule has 0 unspecified atom stereocenters. The lowest BCUT2D eigenvalue weighted by Gasteiger charge is -2.09. The molecule has 1 N–H and O–H groups in total. The van der Waals surface area contributed by atoms with Crippen molar-refractivity contribution in [2.75, 3.05) is 6.54 Å². The molecule has 0 spiro atoms. The normalized spacial score (nSPS) is 16.0. The van der Waals surface area contributed by atoms with Gasteiger partial charge in [-0.25, -0.2) is 4.98 Å². The summed E-state index contributed by atoms with van der Waals surface area (Å²) in [4.78, 5) is 4.20. The molecule has 3 nitrogen and oxygen atoms in total. The first kappa shape index (κ1) is 7.09. The van der Waals surface area contributed by atoms with Crippen molar-refractivity contribution in [2.45, 2.75) is 13.0 Å². The number of nitrogens with zero attached hydrogens (tertiary/aromatic N) is 1. The van der Waals surface area contributed by atoms with Crippen LogP contribution in [0.1, 0.15) is 11.3 Å². The Morgan fingerprint density at radius 1 is 1.54 bits per heavy atom. The Kier molecular flexibility index (Phi) is 1.40. The van der Waals surface area contributed by atoms with Crippen LogP contribution in [-0.4, -0.2) is 11.5 Å². The molecule has 1 aliphatic rings. The van der Waals surface area contributed by atoms with Crippen LogP contribution in [0.15, 0.2) is 16.5 Å². The quantitative estimate of drug-likeness (QED) is 0.652. The Morgan fingerprint density at radius 2 is 2.54 bits per heavy atom. The van der Waals surface area contributed by atoms with E-state index in [1.54, 1.807) is 6.07 Å². The average molecular weight is 173 g/mol. The van der Waals surface area contributed by atoms with Crippen LogP contribution >= 0.6 is 0 Å². The van der Waals surface area contributed by atoms with E-state index in [9.17, 15) is 0 Å². The number of pyridine rings is 1. The third-order valence-corrected chi connectivity index (χ3v) is 2.41. The van der Waals surface area contributed by atoms with Gasteiger partial charge in [0.05, 0.1) is 6.20 Å². The van der Waals surface area contributed by atoms with Crippen LogP contribution in [-0.2, 0) is 13.0 Å². The van der Waals surface area contributed by atoms with Crippen LogP contribution in [0.4, 0.5) is 0 Å². The first-order valence-electron chi connectivity index (χ1n) is 4.43. The average Bonchev–Trinajstić information content (AvgIpc) is 2.56. The lowest BCUT2D eigenvalue weighted by Crippen LogP contribution is -2.22. The summed E-state index contributed by atoms with van der Waals surface area (Å²) in [5, 5.41) is 3.31. The highest BCUT2D eigenvalue weighted by Crippen LogP contribution is 2.25. The molecule has 0 aliphatic carbocycles. The summed E-state index contributed by atoms with van der Waals surface area (Å²) in [6.45, 7) is 1.86. The number of aromatic nitrogens is 1. The second-order valence-electron chi connectivity index (χ2n) is 3.22. The Hall–Kier alpha value is -1.35. The molecule has 0 bridgehead atoms. The van der Waals surface area contributed by atoms with Crippen molar-refractivity contribution in [3.8, 4) is 0 Å². The van der Waals surface area contributed by atoms with Gasteiger partial charge in [0, 0.05) is 25.1 Å². The smallest absolute Gasteiger partial charge is 0.153 e. The van der Waals surface area contributed by atoms with Crippen molar-refractivity contribution in [1.82, 2.24) is 10.3 Å². The van der Waals surface area contributed by atoms with Gasteiger partial charge < -0.3 is 9.73 Å². The fourth-order valence-corrected chi connectivity index (χ4v) is 1.77. The second-order valence-corrected chi connectivity index (χ2v) is 3.22. The van der Waals surface area contributed by atoms with Gasteiger partial charge in [-0.15, -0.1) is 0 Å². The van der Waals surface area contributed by atoms with Gasteiger partial charge in [0.25, 0.3) is 0 Å². The summed E-state index contributed by atoms with van der Waals surface area (Å²) in [6, 6.07) is 3.70. The summed E-state index contributed by atoms with van der Waals surface area (Å²) < 4.78 is 5.67. The second kappa shape index (κ2) is 2.57. The highest BCUT2D eigenvalue weighted by molar-refractivity contribution is 5.77. The summed E-state index contributed by atoms with van der Waals surface area (Å²) in [6.07, 6.45) is 3.80. The molecule has 2 aromatic rings. The number of furan rings is 1. The molecule has 1 aliphatic heterocycles. The maximum absolute atomic E-state index is 5.67. The predicted octanol–water partition coefficient (Wildman–Crippen LogP) is 1.27. The van der Waals surface area contributed by atoms with Crippen molar-refractivity contribution in [2.24, 2.45) is 0 Å². The molecule has 13 heavy (non-hydrogen) atoms. The molecule has 0 saturated heterocycles. The Labute approximate surface area is 75.8 Å². The van der Waals surface area contributed by atoms with E-state index in [0.29, 0.717) is 0 Å². The lowest BCUT2D eigenvalue weighted by atomic mass is 10.1. The fraction of sp³-hybridized carbons (Fsp3) is 0.300. The van der Waals surface area contributed by atoms with Crippen LogP contribution in [0.5, 0.6) is 0 Å². The maximum Gasteiger partial charge on any atom is 0.153 e. The number of hydrogen-bond donors (Lipinski definition) is 1. The molecule has 0 saturated carbocycles. The summed E-state index contributed by atoms with van der Waals surface area (Å²) in [7, 11) is 0. The largest absolute Gasteiger partial charge is 0.459 e. The van der Waals surface area contributed by atoms with Gasteiger partial charge in [0.2, 0.25) is 0 Å². The Balaban J connectivity index is 2.34. The van der Waals surface area contributed by atoms with Crippen molar-refractivity contribution < 1.29 is 4.42 Å². The molecular weight excluding hydrogens is 164 g/mol. The van der Waals surface area contributed by atoms with E-state index in [0.717, 1.165) is 36.4 Å². The topological polar surface area (TPSA) is 38.1 Å². The zero-order valence-corrected chi connectivity index (χ0v) is 7.13. The van der Waals surface area contributed by atoms with E-state index < -0.39 is 0 Å². The number of nitrogens with one attached hydrogen (secondary N) is 1. The van der Waals surface area contributed by atoms with Gasteiger partial charge >= 0.3 is 0 Å². The molecule has 65 valence electrons. The van der Waals surface area contributed by atoms with Crippen LogP contribution < -0.4 is 5.32 Å². The van der Waals surface area contributed by atoms with Crippen molar-refractivity contribution >= 4 is 11.1 Å². The van der Waals surface area contributed by atoms with Crippen LogP contribution in [0.3, 0.4) is 0 Å². The molecule has 0 atom stereocenters. The molecule has 1 radical (unpaired) electrons. The molecule has 0 amide bonds. The Bertz CT molecular complexity index is 447. The van der Waals surface area contributed by atoms with E-state index in [2.05, 4.69) is 16.5 Å². The maximum atomic E-state index is 5.67. The van der Waals surface area contributed by atoms with Gasteiger partial charge in [-0.1, -0.05) is 0 Å². The molecule has 3 rings (SSSR count). The lowest BCUT2D eigenvalue weighted by molar-refractivity contribution is 0.500. The summed E-state index contributed by atoms with van der Waals surface area (Å²) >= 11 is 0. The third kappa shape index (κ3) is 0.971. The first-order valence-corrected chi connectivity index (χ1v) is 4.43. The minimum Gasteiger partial charge on any atom is -0.459 e. The summed E-state index contributed by atoms with van der Waals surface area (Å²) in [5.41, 5.74) is 3.05. The SMILES string of the molecule is [c]1ccc2oc3c(c2n1)CNCC3. The van der Waals surface area contributed by atoms with E-state index >= 15 is 0 Å². The van der Waals surface area contributed by atoms with Crippen molar-refractivity contribution in [3.63, 3.8) is 0 Å². The van der Waals surface area contributed by atoms with E-state index in [1.165, 1.54) is 5.56 Å². The van der Waals surface area contributed by atoms with Gasteiger partial charge in [-0.2, -0.15) is 0 Å². The minimum atomic E-state index is 0.868. The zero-order chi connectivity index (χ0) is 8.67. The fourth-order valence-electron chi connectivity index (χ4n) is 1.77. The van der Waals surface area contributed by atoms with Crippen LogP contribution in [0.25, 0.3) is 11.1 Å². The van der Waals surface area contributed by atoms with Gasteiger partial charge in [-0.3, -0.25) is 0 Å². The van der Waals surface area contributed by atoms with Gasteiger partial charge in [-0.05, 0) is 12.1 Å². The standard InChI is InChI=1S/C10H9N2O/c1-2-9-10(12-4-1)7-6-11-5-3-8(7)13-9/h1-2,11H,3,5-6H2. The number of fused-ring (bicyclic) bond motifs is 3. The number of rotatable bonds is 0. The molecule has 3 heterocycles. The van der Waals surface area contributed by atoms with Crippen molar-refractivity contribution in [3.05, 3.63) is 29.7 Å². The molecule has 2 aromatic heterocycles.